The summed E-state index contributed by atoms with van der Waals surface area (Å²) in [6.07, 6.45) is 5.44. The molecule has 0 spiro atoms. The van der Waals surface area contributed by atoms with Gasteiger partial charge in [-0.2, -0.15) is 0 Å². The third kappa shape index (κ3) is 7.87. The Labute approximate surface area is 110 Å². The molecule has 4 heteroatoms. The van der Waals surface area contributed by atoms with Crippen LogP contribution in [0.1, 0.15) is 46.5 Å². The lowest BCUT2D eigenvalue weighted by molar-refractivity contribution is -0.147. The Morgan fingerprint density at radius 3 is 2.50 bits per heavy atom. The van der Waals surface area contributed by atoms with E-state index in [2.05, 4.69) is 18.8 Å². The zero-order valence-corrected chi connectivity index (χ0v) is 11.7. The van der Waals surface area contributed by atoms with Crippen LogP contribution in [0.4, 0.5) is 0 Å². The van der Waals surface area contributed by atoms with E-state index in [9.17, 15) is 9.59 Å². The van der Waals surface area contributed by atoms with Crippen LogP contribution in [-0.4, -0.2) is 24.5 Å². The van der Waals surface area contributed by atoms with Crippen LogP contribution < -0.4 is 5.32 Å². The second-order valence-corrected chi connectivity index (χ2v) is 4.55. The predicted molar refractivity (Wildman–Crippen MR) is 72.1 cm³/mol. The van der Waals surface area contributed by atoms with Gasteiger partial charge in [0.1, 0.15) is 6.04 Å². The van der Waals surface area contributed by atoms with Crippen molar-refractivity contribution in [2.24, 2.45) is 5.92 Å². The van der Waals surface area contributed by atoms with Gasteiger partial charge in [-0.05, 0) is 38.5 Å². The van der Waals surface area contributed by atoms with E-state index < -0.39 is 6.04 Å². The number of carbonyl (C=O) groups excluding carboxylic acids is 2. The molecule has 0 fully saturated rings. The SMILES string of the molecule is C=CCC[C@@H](C)CC[C@@H](NC(C)=O)C(=O)OCC. The molecule has 0 heterocycles. The van der Waals surface area contributed by atoms with Gasteiger partial charge in [-0.3, -0.25) is 4.79 Å². The highest BCUT2D eigenvalue weighted by molar-refractivity contribution is 5.83. The summed E-state index contributed by atoms with van der Waals surface area (Å²) in [6.45, 7) is 9.33. The Hall–Kier alpha value is -1.32. The van der Waals surface area contributed by atoms with Crippen LogP contribution in [0, 0.1) is 5.92 Å². The van der Waals surface area contributed by atoms with Gasteiger partial charge in [0.15, 0.2) is 0 Å². The van der Waals surface area contributed by atoms with Crippen molar-refractivity contribution >= 4 is 11.9 Å². The van der Waals surface area contributed by atoms with Crippen molar-refractivity contribution in [1.82, 2.24) is 5.32 Å². The molecule has 1 N–H and O–H groups in total. The largest absolute Gasteiger partial charge is 0.464 e. The van der Waals surface area contributed by atoms with Crippen molar-refractivity contribution in [3.8, 4) is 0 Å². The lowest BCUT2D eigenvalue weighted by Gasteiger charge is -2.18. The van der Waals surface area contributed by atoms with E-state index in [-0.39, 0.29) is 11.9 Å². The maximum absolute atomic E-state index is 11.7. The first-order valence-electron chi connectivity index (χ1n) is 6.55. The number of carbonyl (C=O) groups is 2. The van der Waals surface area contributed by atoms with E-state index in [1.165, 1.54) is 6.92 Å². The molecule has 0 saturated carbocycles. The van der Waals surface area contributed by atoms with Crippen LogP contribution >= 0.6 is 0 Å². The number of hydrogen-bond acceptors (Lipinski definition) is 3. The minimum atomic E-state index is -0.520. The number of ether oxygens (including phenoxy) is 1. The van der Waals surface area contributed by atoms with Crippen LogP contribution in [0.2, 0.25) is 0 Å². The van der Waals surface area contributed by atoms with Gasteiger partial charge in [0.25, 0.3) is 0 Å². The lowest BCUT2D eigenvalue weighted by Crippen LogP contribution is -2.41. The highest BCUT2D eigenvalue weighted by Gasteiger charge is 2.21. The van der Waals surface area contributed by atoms with Gasteiger partial charge in [-0.15, -0.1) is 6.58 Å². The van der Waals surface area contributed by atoms with Crippen LogP contribution in [0.3, 0.4) is 0 Å². The van der Waals surface area contributed by atoms with E-state index in [0.29, 0.717) is 18.9 Å². The molecule has 0 aromatic rings. The van der Waals surface area contributed by atoms with Crippen molar-refractivity contribution in [3.05, 3.63) is 12.7 Å². The van der Waals surface area contributed by atoms with E-state index in [0.717, 1.165) is 19.3 Å². The first-order valence-corrected chi connectivity index (χ1v) is 6.55. The molecule has 0 saturated heterocycles. The number of allylic oxidation sites excluding steroid dienone is 1. The fourth-order valence-electron chi connectivity index (χ4n) is 1.74. The summed E-state index contributed by atoms with van der Waals surface area (Å²) in [5, 5.41) is 2.64. The molecule has 104 valence electrons. The van der Waals surface area contributed by atoms with Gasteiger partial charge < -0.3 is 10.1 Å². The lowest BCUT2D eigenvalue weighted by atomic mass is 9.97. The van der Waals surface area contributed by atoms with Crippen LogP contribution in [0.25, 0.3) is 0 Å². The highest BCUT2D eigenvalue weighted by atomic mass is 16.5. The fourth-order valence-corrected chi connectivity index (χ4v) is 1.74. The van der Waals surface area contributed by atoms with Gasteiger partial charge in [0, 0.05) is 6.92 Å². The number of nitrogens with one attached hydrogen (secondary N) is 1. The molecule has 2 atom stereocenters. The molecule has 18 heavy (non-hydrogen) atoms. The minimum Gasteiger partial charge on any atom is -0.464 e. The number of rotatable bonds is 9. The minimum absolute atomic E-state index is 0.202. The van der Waals surface area contributed by atoms with Crippen molar-refractivity contribution < 1.29 is 14.3 Å². The van der Waals surface area contributed by atoms with E-state index >= 15 is 0 Å². The zero-order valence-electron chi connectivity index (χ0n) is 11.7. The van der Waals surface area contributed by atoms with E-state index in [1.807, 2.05) is 6.08 Å². The van der Waals surface area contributed by atoms with Gasteiger partial charge >= 0.3 is 5.97 Å². The molecule has 0 aromatic heterocycles. The molecule has 1 amide bonds. The monoisotopic (exact) mass is 255 g/mol. The summed E-state index contributed by atoms with van der Waals surface area (Å²) >= 11 is 0. The van der Waals surface area contributed by atoms with Crippen LogP contribution in [-0.2, 0) is 14.3 Å². The van der Waals surface area contributed by atoms with Gasteiger partial charge in [0.05, 0.1) is 6.61 Å². The van der Waals surface area contributed by atoms with Crippen molar-refractivity contribution in [2.45, 2.75) is 52.5 Å². The topological polar surface area (TPSA) is 55.4 Å². The second kappa shape index (κ2) is 9.68. The van der Waals surface area contributed by atoms with Crippen LogP contribution in [0.15, 0.2) is 12.7 Å². The molecule has 0 aliphatic rings. The summed E-state index contributed by atoms with van der Waals surface area (Å²) in [7, 11) is 0. The molecule has 0 rings (SSSR count). The molecule has 0 unspecified atom stereocenters. The standard InChI is InChI=1S/C14H25NO3/c1-5-7-8-11(3)9-10-13(15-12(4)16)14(17)18-6-2/h5,11,13H,1,6-10H2,2-4H3,(H,15,16)/t11-,13-/m1/s1. The number of esters is 1. The second-order valence-electron chi connectivity index (χ2n) is 4.55. The third-order valence-corrected chi connectivity index (χ3v) is 2.76. The Morgan fingerprint density at radius 2 is 2.00 bits per heavy atom. The van der Waals surface area contributed by atoms with Crippen molar-refractivity contribution in [3.63, 3.8) is 0 Å². The Morgan fingerprint density at radius 1 is 1.33 bits per heavy atom. The first kappa shape index (κ1) is 16.7. The first-order chi connectivity index (χ1) is 8.51. The normalized spacial score (nSPS) is 13.5. The molecule has 4 nitrogen and oxygen atoms in total. The van der Waals surface area contributed by atoms with Crippen molar-refractivity contribution in [2.75, 3.05) is 6.61 Å². The van der Waals surface area contributed by atoms with Gasteiger partial charge in [0.2, 0.25) is 5.91 Å². The molecule has 0 aliphatic heterocycles. The summed E-state index contributed by atoms with van der Waals surface area (Å²) < 4.78 is 4.95. The van der Waals surface area contributed by atoms with Gasteiger partial charge in [-0.1, -0.05) is 13.0 Å². The molecular weight excluding hydrogens is 230 g/mol. The number of amides is 1. The summed E-state index contributed by atoms with van der Waals surface area (Å²) in [6, 6.07) is -0.520. The Bertz CT molecular complexity index is 276. The van der Waals surface area contributed by atoms with E-state index in [1.54, 1.807) is 6.92 Å². The van der Waals surface area contributed by atoms with Gasteiger partial charge in [-0.25, -0.2) is 4.79 Å². The summed E-state index contributed by atoms with van der Waals surface area (Å²) in [5.41, 5.74) is 0. The summed E-state index contributed by atoms with van der Waals surface area (Å²) in [5.74, 6) is -0.0379. The number of hydrogen-bond donors (Lipinski definition) is 1. The summed E-state index contributed by atoms with van der Waals surface area (Å²) in [4.78, 5) is 22.7. The smallest absolute Gasteiger partial charge is 0.328 e. The Balaban J connectivity index is 4.18. The molecule has 0 aromatic carbocycles. The maximum atomic E-state index is 11.7. The van der Waals surface area contributed by atoms with Crippen molar-refractivity contribution in [1.29, 1.82) is 0 Å². The molecule has 0 bridgehead atoms. The average Bonchev–Trinajstić information content (AvgIpc) is 2.31. The maximum Gasteiger partial charge on any atom is 0.328 e. The van der Waals surface area contributed by atoms with E-state index in [4.69, 9.17) is 4.74 Å². The average molecular weight is 255 g/mol. The quantitative estimate of drug-likeness (QED) is 0.508. The Kier molecular flexibility index (Phi) is 8.97. The highest BCUT2D eigenvalue weighted by Crippen LogP contribution is 2.15. The van der Waals surface area contributed by atoms with Crippen LogP contribution in [0.5, 0.6) is 0 Å². The third-order valence-electron chi connectivity index (χ3n) is 2.76. The molecule has 0 radical (unpaired) electrons. The fraction of sp³-hybridized carbons (Fsp3) is 0.714. The molecule has 0 aliphatic carbocycles. The zero-order chi connectivity index (χ0) is 14.0. The molecular formula is C14H25NO3. The predicted octanol–water partition coefficient (Wildman–Crippen LogP) is 2.44.